The van der Waals surface area contributed by atoms with Crippen LogP contribution in [-0.2, 0) is 12.8 Å². The van der Waals surface area contributed by atoms with E-state index in [0.717, 1.165) is 25.2 Å². The van der Waals surface area contributed by atoms with Crippen LogP contribution in [0.25, 0.3) is 0 Å². The molecule has 0 spiro atoms. The third-order valence-corrected chi connectivity index (χ3v) is 5.14. The van der Waals surface area contributed by atoms with Gasteiger partial charge in [0.1, 0.15) is 5.75 Å². The highest BCUT2D eigenvalue weighted by atomic mass is 79.9. The molecule has 0 bridgehead atoms. The summed E-state index contributed by atoms with van der Waals surface area (Å²) in [5.74, 6) is 1.05. The number of rotatable bonds is 4. The predicted octanol–water partition coefficient (Wildman–Crippen LogP) is 3.95. The van der Waals surface area contributed by atoms with Crippen molar-refractivity contribution in [2.75, 3.05) is 13.7 Å². The van der Waals surface area contributed by atoms with Crippen LogP contribution in [0.1, 0.15) is 22.0 Å². The summed E-state index contributed by atoms with van der Waals surface area (Å²) in [4.78, 5) is 1.39. The van der Waals surface area contributed by atoms with Crippen molar-refractivity contribution in [2.24, 2.45) is 0 Å². The zero-order chi connectivity index (χ0) is 13.2. The number of fused-ring (bicyclic) bond motifs is 1. The van der Waals surface area contributed by atoms with Crippen LogP contribution in [0.2, 0.25) is 0 Å². The Balaban J connectivity index is 1.82. The Bertz CT molecular complexity index is 581. The Labute approximate surface area is 125 Å². The second-order valence-corrected chi connectivity index (χ2v) is 7.26. The average molecular weight is 338 g/mol. The number of benzene rings is 1. The van der Waals surface area contributed by atoms with Crippen molar-refractivity contribution in [2.45, 2.75) is 18.9 Å². The van der Waals surface area contributed by atoms with Gasteiger partial charge in [0.25, 0.3) is 0 Å². The van der Waals surface area contributed by atoms with Crippen molar-refractivity contribution in [3.05, 3.63) is 50.1 Å². The molecule has 2 nitrogen and oxygen atoms in total. The first-order valence-corrected chi connectivity index (χ1v) is 8.04. The summed E-state index contributed by atoms with van der Waals surface area (Å²) in [5.41, 5.74) is 2.68. The summed E-state index contributed by atoms with van der Waals surface area (Å²) in [6, 6.07) is 11.2. The van der Waals surface area contributed by atoms with Crippen LogP contribution in [0.5, 0.6) is 5.75 Å². The fraction of sp³-hybridized carbons (Fsp3) is 0.333. The normalized spacial score (nSPS) is 15.1. The van der Waals surface area contributed by atoms with Crippen LogP contribution in [0, 0.1) is 0 Å². The number of halogens is 1. The zero-order valence-corrected chi connectivity index (χ0v) is 13.2. The van der Waals surface area contributed by atoms with Crippen LogP contribution >= 0.6 is 27.3 Å². The average Bonchev–Trinajstić information content (AvgIpc) is 3.03. The Morgan fingerprint density at radius 2 is 2.26 bits per heavy atom. The van der Waals surface area contributed by atoms with Crippen LogP contribution in [0.15, 0.2) is 34.1 Å². The maximum atomic E-state index is 5.56. The molecule has 2 aromatic rings. The molecule has 19 heavy (non-hydrogen) atoms. The number of likely N-dealkylation sites (N-methyl/N-ethyl adjacent to an activating group) is 1. The highest BCUT2D eigenvalue weighted by Gasteiger charge is 2.16. The smallest absolute Gasteiger partial charge is 0.122 e. The Hall–Kier alpha value is -0.840. The van der Waals surface area contributed by atoms with Crippen LogP contribution in [-0.4, -0.2) is 13.7 Å². The van der Waals surface area contributed by atoms with Gasteiger partial charge in [-0.2, -0.15) is 0 Å². The molecule has 1 aliphatic heterocycles. The minimum Gasteiger partial charge on any atom is -0.493 e. The summed E-state index contributed by atoms with van der Waals surface area (Å²) in [6.45, 7) is 0.820. The number of thiophene rings is 1. The fourth-order valence-electron chi connectivity index (χ4n) is 2.47. The summed E-state index contributed by atoms with van der Waals surface area (Å²) < 4.78 is 6.76. The molecule has 0 saturated carbocycles. The zero-order valence-electron chi connectivity index (χ0n) is 10.8. The summed E-state index contributed by atoms with van der Waals surface area (Å²) in [6.07, 6.45) is 2.05. The van der Waals surface area contributed by atoms with Crippen molar-refractivity contribution in [3.63, 3.8) is 0 Å². The largest absolute Gasteiger partial charge is 0.493 e. The molecule has 0 saturated heterocycles. The topological polar surface area (TPSA) is 21.3 Å². The van der Waals surface area contributed by atoms with E-state index in [1.54, 1.807) is 11.3 Å². The molecule has 0 radical (unpaired) electrons. The van der Waals surface area contributed by atoms with Crippen LogP contribution in [0.4, 0.5) is 0 Å². The molecule has 1 aromatic carbocycles. The lowest BCUT2D eigenvalue weighted by Crippen LogP contribution is -2.18. The SMILES string of the molecule is CNC(Cc1ccc(Br)s1)c1ccc2c(c1)CCO2. The molecule has 2 heterocycles. The maximum Gasteiger partial charge on any atom is 0.122 e. The second kappa shape index (κ2) is 5.65. The van der Waals surface area contributed by atoms with E-state index < -0.39 is 0 Å². The van der Waals surface area contributed by atoms with Gasteiger partial charge in [-0.15, -0.1) is 11.3 Å². The minimum atomic E-state index is 0.358. The molecule has 1 aliphatic rings. The maximum absolute atomic E-state index is 5.56. The quantitative estimate of drug-likeness (QED) is 0.911. The molecular weight excluding hydrogens is 322 g/mol. The Kier molecular flexibility index (Phi) is 3.91. The van der Waals surface area contributed by atoms with E-state index in [0.29, 0.717) is 6.04 Å². The van der Waals surface area contributed by atoms with Gasteiger partial charge < -0.3 is 10.1 Å². The monoisotopic (exact) mass is 337 g/mol. The van der Waals surface area contributed by atoms with Gasteiger partial charge in [0.05, 0.1) is 10.4 Å². The first kappa shape index (κ1) is 13.2. The first-order chi connectivity index (χ1) is 9.26. The molecule has 4 heteroatoms. The molecular formula is C15H16BrNOS. The van der Waals surface area contributed by atoms with Gasteiger partial charge in [-0.05, 0) is 52.3 Å². The van der Waals surface area contributed by atoms with E-state index in [2.05, 4.69) is 51.6 Å². The van der Waals surface area contributed by atoms with Gasteiger partial charge in [0, 0.05) is 23.8 Å². The standard InChI is InChI=1S/C15H16BrNOS/c1-17-13(9-12-3-5-15(16)19-12)10-2-4-14-11(8-10)6-7-18-14/h2-5,8,13,17H,6-7,9H2,1H3. The van der Waals surface area contributed by atoms with Gasteiger partial charge in [-0.1, -0.05) is 12.1 Å². The molecule has 1 aromatic heterocycles. The molecule has 100 valence electrons. The highest BCUT2D eigenvalue weighted by molar-refractivity contribution is 9.11. The summed E-state index contributed by atoms with van der Waals surface area (Å²) >= 11 is 5.33. The van der Waals surface area contributed by atoms with Gasteiger partial charge in [-0.25, -0.2) is 0 Å². The molecule has 0 aliphatic carbocycles. The summed E-state index contributed by atoms with van der Waals surface area (Å²) in [7, 11) is 2.02. The van der Waals surface area contributed by atoms with E-state index >= 15 is 0 Å². The van der Waals surface area contributed by atoms with E-state index in [4.69, 9.17) is 4.74 Å². The first-order valence-electron chi connectivity index (χ1n) is 6.43. The molecule has 1 N–H and O–H groups in total. The van der Waals surface area contributed by atoms with Gasteiger partial charge in [0.15, 0.2) is 0 Å². The van der Waals surface area contributed by atoms with Gasteiger partial charge >= 0.3 is 0 Å². The lowest BCUT2D eigenvalue weighted by Gasteiger charge is -2.16. The van der Waals surface area contributed by atoms with Crippen molar-refractivity contribution in [1.82, 2.24) is 5.32 Å². The molecule has 1 unspecified atom stereocenters. The molecule has 0 fully saturated rings. The third-order valence-electron chi connectivity index (χ3n) is 3.50. The molecule has 1 atom stereocenters. The number of hydrogen-bond donors (Lipinski definition) is 1. The summed E-state index contributed by atoms with van der Waals surface area (Å²) in [5, 5.41) is 3.42. The van der Waals surface area contributed by atoms with Gasteiger partial charge in [0.2, 0.25) is 0 Å². The highest BCUT2D eigenvalue weighted by Crippen LogP contribution is 2.31. The number of ether oxygens (including phenoxy) is 1. The van der Waals surface area contributed by atoms with E-state index in [1.807, 2.05) is 7.05 Å². The van der Waals surface area contributed by atoms with E-state index in [-0.39, 0.29) is 0 Å². The Morgan fingerprint density at radius 1 is 1.37 bits per heavy atom. The van der Waals surface area contributed by atoms with Crippen LogP contribution in [0.3, 0.4) is 0 Å². The third kappa shape index (κ3) is 2.86. The van der Waals surface area contributed by atoms with Crippen molar-refractivity contribution >= 4 is 27.3 Å². The van der Waals surface area contributed by atoms with E-state index in [1.165, 1.54) is 19.8 Å². The minimum absolute atomic E-state index is 0.358. The molecule has 3 rings (SSSR count). The van der Waals surface area contributed by atoms with Crippen molar-refractivity contribution < 1.29 is 4.74 Å². The van der Waals surface area contributed by atoms with Crippen LogP contribution < -0.4 is 10.1 Å². The number of hydrogen-bond acceptors (Lipinski definition) is 3. The fourth-order valence-corrected chi connectivity index (χ4v) is 4.00. The predicted molar refractivity (Wildman–Crippen MR) is 83.2 cm³/mol. The van der Waals surface area contributed by atoms with E-state index in [9.17, 15) is 0 Å². The van der Waals surface area contributed by atoms with Crippen molar-refractivity contribution in [1.29, 1.82) is 0 Å². The Morgan fingerprint density at radius 3 is 3.00 bits per heavy atom. The second-order valence-electron chi connectivity index (χ2n) is 4.72. The van der Waals surface area contributed by atoms with Crippen molar-refractivity contribution in [3.8, 4) is 5.75 Å². The lowest BCUT2D eigenvalue weighted by atomic mass is 10.00. The van der Waals surface area contributed by atoms with Gasteiger partial charge in [-0.3, -0.25) is 0 Å². The molecule has 0 amide bonds. The number of nitrogens with one attached hydrogen (secondary N) is 1. The lowest BCUT2D eigenvalue weighted by molar-refractivity contribution is 0.356.